The van der Waals surface area contributed by atoms with E-state index in [0.717, 1.165) is 12.8 Å². The lowest BCUT2D eigenvalue weighted by Gasteiger charge is -2.30. The van der Waals surface area contributed by atoms with Crippen LogP contribution in [0.4, 0.5) is 10.8 Å². The zero-order valence-electron chi connectivity index (χ0n) is 19.0. The number of hydrogen-bond donors (Lipinski definition) is 2. The second kappa shape index (κ2) is 10.1. The van der Waals surface area contributed by atoms with E-state index in [0.29, 0.717) is 46.4 Å². The Morgan fingerprint density at radius 3 is 2.68 bits per heavy atom. The minimum atomic E-state index is -0.402. The van der Waals surface area contributed by atoms with E-state index in [1.54, 1.807) is 24.3 Å². The summed E-state index contributed by atoms with van der Waals surface area (Å²) in [5.41, 5.74) is 0.987. The molecular formula is C23H26N6O4S. The van der Waals surface area contributed by atoms with Gasteiger partial charge in [0.1, 0.15) is 17.6 Å². The number of ketones is 1. The first-order valence-corrected chi connectivity index (χ1v) is 12.0. The molecule has 0 aliphatic carbocycles. The highest BCUT2D eigenvalue weighted by Gasteiger charge is 2.26. The maximum Gasteiger partial charge on any atom is 0.273 e. The van der Waals surface area contributed by atoms with Crippen LogP contribution in [0.5, 0.6) is 0 Å². The van der Waals surface area contributed by atoms with Crippen LogP contribution in [-0.4, -0.2) is 51.8 Å². The van der Waals surface area contributed by atoms with Gasteiger partial charge in [0.05, 0.1) is 0 Å². The summed E-state index contributed by atoms with van der Waals surface area (Å²) in [7, 11) is 0. The van der Waals surface area contributed by atoms with Gasteiger partial charge in [-0.2, -0.15) is 4.98 Å². The number of Topliss-reactive ketones (excluding diaryl/α,β-unsaturated/α-hetero) is 1. The molecule has 2 aromatic heterocycles. The number of amides is 2. The number of nitrogens with zero attached hydrogens (tertiary/aromatic N) is 4. The van der Waals surface area contributed by atoms with E-state index in [2.05, 4.69) is 25.5 Å². The van der Waals surface area contributed by atoms with Crippen molar-refractivity contribution in [3.05, 3.63) is 46.5 Å². The maximum absolute atomic E-state index is 13.0. The quantitative estimate of drug-likeness (QED) is 0.494. The van der Waals surface area contributed by atoms with E-state index in [-0.39, 0.29) is 29.7 Å². The van der Waals surface area contributed by atoms with Crippen LogP contribution >= 0.6 is 11.3 Å². The van der Waals surface area contributed by atoms with Gasteiger partial charge in [0.2, 0.25) is 11.8 Å². The first-order valence-electron chi connectivity index (χ1n) is 11.1. The lowest BCUT2D eigenvalue weighted by atomic mass is 9.96. The van der Waals surface area contributed by atoms with Crippen LogP contribution in [0.1, 0.15) is 37.0 Å². The summed E-state index contributed by atoms with van der Waals surface area (Å²) in [6, 6.07) is 6.63. The first-order chi connectivity index (χ1) is 16.4. The van der Waals surface area contributed by atoms with Crippen molar-refractivity contribution >= 4 is 50.1 Å². The number of carbonyl (C=O) groups excluding carboxylic acids is 3. The molecular weight excluding hydrogens is 456 g/mol. The van der Waals surface area contributed by atoms with Crippen LogP contribution in [0.25, 0.3) is 10.3 Å². The van der Waals surface area contributed by atoms with Crippen molar-refractivity contribution in [3.8, 4) is 0 Å². The molecule has 2 amide bonds. The van der Waals surface area contributed by atoms with E-state index in [4.69, 9.17) is 0 Å². The highest BCUT2D eigenvalue weighted by atomic mass is 32.1. The van der Waals surface area contributed by atoms with Crippen LogP contribution in [-0.2, 0) is 16.1 Å². The Kier molecular flexibility index (Phi) is 7.01. The molecule has 34 heavy (non-hydrogen) atoms. The lowest BCUT2D eigenvalue weighted by molar-refractivity contribution is -0.125. The summed E-state index contributed by atoms with van der Waals surface area (Å²) in [4.78, 5) is 59.9. The number of carbonyl (C=O) groups is 3. The van der Waals surface area contributed by atoms with E-state index in [9.17, 15) is 19.2 Å². The van der Waals surface area contributed by atoms with Crippen molar-refractivity contribution in [2.45, 2.75) is 33.2 Å². The molecule has 3 aromatic rings. The molecule has 10 nitrogen and oxygen atoms in total. The van der Waals surface area contributed by atoms with E-state index >= 15 is 0 Å². The van der Waals surface area contributed by atoms with E-state index < -0.39 is 5.91 Å². The van der Waals surface area contributed by atoms with Crippen LogP contribution in [0.2, 0.25) is 0 Å². The third-order valence-corrected chi connectivity index (χ3v) is 6.82. The maximum atomic E-state index is 13.0. The number of fused-ring (bicyclic) bond motifs is 1. The monoisotopic (exact) mass is 482 g/mol. The van der Waals surface area contributed by atoms with Gasteiger partial charge in [0, 0.05) is 36.8 Å². The molecule has 0 bridgehead atoms. The minimum absolute atomic E-state index is 0.00409. The molecule has 11 heteroatoms. The van der Waals surface area contributed by atoms with Gasteiger partial charge < -0.3 is 15.5 Å². The fourth-order valence-corrected chi connectivity index (χ4v) is 4.93. The topological polar surface area (TPSA) is 126 Å². The zero-order chi connectivity index (χ0) is 24.2. The van der Waals surface area contributed by atoms with Crippen LogP contribution in [0, 0.1) is 5.92 Å². The molecule has 1 fully saturated rings. The van der Waals surface area contributed by atoms with Gasteiger partial charge >= 0.3 is 0 Å². The molecule has 4 rings (SSSR count). The Balaban J connectivity index is 1.45. The highest BCUT2D eigenvalue weighted by Crippen LogP contribution is 2.29. The predicted molar refractivity (Wildman–Crippen MR) is 130 cm³/mol. The summed E-state index contributed by atoms with van der Waals surface area (Å²) in [5.74, 6) is -0.421. The minimum Gasteiger partial charge on any atom is -0.356 e. The van der Waals surface area contributed by atoms with Gasteiger partial charge in [-0.05, 0) is 38.8 Å². The molecule has 1 saturated heterocycles. The van der Waals surface area contributed by atoms with Gasteiger partial charge in [-0.3, -0.25) is 23.7 Å². The standard InChI is InChI=1S/C23H26N6O4S/c1-3-24-21(32)15-7-9-28(10-8-15)23-27-20-19(34-23)22(33)29(13-25-20)12-18(31)26-17-6-4-5-16(11-17)14(2)30/h4-6,11,13,15H,3,7-10,12H2,1-2H3,(H,24,32)(H,26,31). The number of aromatic nitrogens is 3. The van der Waals surface area contributed by atoms with Crippen molar-refractivity contribution in [1.82, 2.24) is 19.9 Å². The summed E-state index contributed by atoms with van der Waals surface area (Å²) in [6.45, 7) is 5.13. The van der Waals surface area contributed by atoms with E-state index in [1.165, 1.54) is 29.2 Å². The summed E-state index contributed by atoms with van der Waals surface area (Å²) in [6.07, 6.45) is 2.77. The summed E-state index contributed by atoms with van der Waals surface area (Å²) in [5, 5.41) is 6.27. The third-order valence-electron chi connectivity index (χ3n) is 5.73. The number of hydrogen-bond acceptors (Lipinski definition) is 8. The Bertz CT molecular complexity index is 1290. The smallest absolute Gasteiger partial charge is 0.273 e. The van der Waals surface area contributed by atoms with Crippen LogP contribution in [0.15, 0.2) is 35.4 Å². The number of nitrogens with one attached hydrogen (secondary N) is 2. The number of benzene rings is 1. The molecule has 2 N–H and O–H groups in total. The Hall–Kier alpha value is -3.60. The number of thiazole rings is 1. The average Bonchev–Trinajstić information content (AvgIpc) is 3.26. The largest absolute Gasteiger partial charge is 0.356 e. The Morgan fingerprint density at radius 1 is 1.21 bits per heavy atom. The predicted octanol–water partition coefficient (Wildman–Crippen LogP) is 2.05. The lowest BCUT2D eigenvalue weighted by Crippen LogP contribution is -2.40. The molecule has 3 heterocycles. The molecule has 0 saturated carbocycles. The second-order valence-corrected chi connectivity index (χ2v) is 9.15. The third kappa shape index (κ3) is 5.14. The molecule has 0 unspecified atom stereocenters. The molecule has 1 aliphatic heterocycles. The van der Waals surface area contributed by atoms with Gasteiger partial charge in [0.25, 0.3) is 5.56 Å². The number of rotatable bonds is 7. The fourth-order valence-electron chi connectivity index (χ4n) is 3.91. The van der Waals surface area contributed by atoms with Crippen LogP contribution < -0.4 is 21.1 Å². The Labute approximate surface area is 200 Å². The van der Waals surface area contributed by atoms with Crippen molar-refractivity contribution < 1.29 is 14.4 Å². The van der Waals surface area contributed by atoms with Gasteiger partial charge in [0.15, 0.2) is 16.6 Å². The van der Waals surface area contributed by atoms with E-state index in [1.807, 2.05) is 6.92 Å². The average molecular weight is 483 g/mol. The van der Waals surface area contributed by atoms with Gasteiger partial charge in [-0.25, -0.2) is 4.98 Å². The van der Waals surface area contributed by atoms with Gasteiger partial charge in [-0.15, -0.1) is 0 Å². The Morgan fingerprint density at radius 2 is 1.97 bits per heavy atom. The van der Waals surface area contributed by atoms with Gasteiger partial charge in [-0.1, -0.05) is 23.5 Å². The SMILES string of the molecule is CCNC(=O)C1CCN(c2nc3ncn(CC(=O)Nc4cccc(C(C)=O)c4)c(=O)c3s2)CC1. The molecule has 178 valence electrons. The molecule has 0 spiro atoms. The number of anilines is 2. The van der Waals surface area contributed by atoms with Crippen LogP contribution in [0.3, 0.4) is 0 Å². The highest BCUT2D eigenvalue weighted by molar-refractivity contribution is 7.22. The molecule has 1 aromatic carbocycles. The zero-order valence-corrected chi connectivity index (χ0v) is 19.9. The normalized spacial score (nSPS) is 14.2. The van der Waals surface area contributed by atoms with Crippen molar-refractivity contribution in [2.75, 3.05) is 29.9 Å². The number of piperidine rings is 1. The van der Waals surface area contributed by atoms with Crippen molar-refractivity contribution in [3.63, 3.8) is 0 Å². The van der Waals surface area contributed by atoms with Crippen molar-refractivity contribution in [2.24, 2.45) is 5.92 Å². The first kappa shape index (κ1) is 23.6. The fraction of sp³-hybridized carbons (Fsp3) is 0.391. The molecule has 0 atom stereocenters. The second-order valence-electron chi connectivity index (χ2n) is 8.17. The summed E-state index contributed by atoms with van der Waals surface area (Å²) < 4.78 is 1.63. The van der Waals surface area contributed by atoms with Crippen molar-refractivity contribution in [1.29, 1.82) is 0 Å². The summed E-state index contributed by atoms with van der Waals surface area (Å²) >= 11 is 1.25. The molecule has 0 radical (unpaired) electrons. The molecule has 1 aliphatic rings.